The lowest BCUT2D eigenvalue weighted by atomic mass is 10.3. The van der Waals surface area contributed by atoms with Gasteiger partial charge in [0.25, 0.3) is 0 Å². The van der Waals surface area contributed by atoms with Crippen LogP contribution in [-0.2, 0) is 0 Å². The minimum absolute atomic E-state index is 0.118. The molecule has 0 radical (unpaired) electrons. The third kappa shape index (κ3) is 7.84. The first-order valence-electron chi connectivity index (χ1n) is 8.81. The average molecular weight is 344 g/mol. The number of hydrogen-bond acceptors (Lipinski definition) is 1. The first kappa shape index (κ1) is 22.5. The van der Waals surface area contributed by atoms with E-state index in [-0.39, 0.29) is 18.7 Å². The standard InChI is InChI=1S/C10H11FN2.C4H10.C3H4F2.C2H6/c1-7(2)13-6-12-10-8(11)4-3-5-9(10)13;1-3-4-2;4-3(5)1-2-3;1-2/h3-7H,1-2H3;3-4H2,1-2H3;1-2H2;1-2H3. The van der Waals surface area contributed by atoms with Crippen LogP contribution in [0.15, 0.2) is 24.5 Å². The van der Waals surface area contributed by atoms with Crippen molar-refractivity contribution in [3.05, 3.63) is 30.3 Å². The molecule has 0 atom stereocenters. The van der Waals surface area contributed by atoms with Crippen molar-refractivity contribution in [3.8, 4) is 0 Å². The van der Waals surface area contributed by atoms with Gasteiger partial charge in [0.2, 0.25) is 5.92 Å². The van der Waals surface area contributed by atoms with Gasteiger partial charge in [0.15, 0.2) is 5.82 Å². The highest BCUT2D eigenvalue weighted by Crippen LogP contribution is 2.40. The van der Waals surface area contributed by atoms with Crippen molar-refractivity contribution in [1.82, 2.24) is 9.55 Å². The second kappa shape index (κ2) is 11.1. The molecule has 0 spiro atoms. The van der Waals surface area contributed by atoms with Gasteiger partial charge < -0.3 is 4.57 Å². The van der Waals surface area contributed by atoms with Crippen molar-refractivity contribution in [2.75, 3.05) is 0 Å². The predicted molar refractivity (Wildman–Crippen MR) is 96.2 cm³/mol. The maximum Gasteiger partial charge on any atom is 0.248 e. The van der Waals surface area contributed by atoms with Crippen LogP contribution in [0.1, 0.15) is 73.3 Å². The minimum Gasteiger partial charge on any atom is -0.328 e. The van der Waals surface area contributed by atoms with Crippen LogP contribution in [0.4, 0.5) is 13.2 Å². The van der Waals surface area contributed by atoms with Gasteiger partial charge >= 0.3 is 0 Å². The van der Waals surface area contributed by atoms with Gasteiger partial charge in [-0.2, -0.15) is 0 Å². The molecule has 1 aromatic heterocycles. The molecule has 1 heterocycles. The summed E-state index contributed by atoms with van der Waals surface area (Å²) in [5, 5.41) is 0. The van der Waals surface area contributed by atoms with Crippen LogP contribution < -0.4 is 0 Å². The Balaban J connectivity index is 0.000000398. The quantitative estimate of drug-likeness (QED) is 0.573. The summed E-state index contributed by atoms with van der Waals surface area (Å²) in [7, 11) is 0. The summed E-state index contributed by atoms with van der Waals surface area (Å²) >= 11 is 0. The molecule has 5 heteroatoms. The Hall–Kier alpha value is -1.52. The summed E-state index contributed by atoms with van der Waals surface area (Å²) < 4.78 is 37.4. The van der Waals surface area contributed by atoms with E-state index in [2.05, 4.69) is 18.8 Å². The second-order valence-corrected chi connectivity index (χ2v) is 5.71. The van der Waals surface area contributed by atoms with Crippen molar-refractivity contribution in [2.45, 2.75) is 79.2 Å². The molecule has 0 bridgehead atoms. The van der Waals surface area contributed by atoms with Gasteiger partial charge in [-0.05, 0) is 26.0 Å². The molecule has 1 saturated carbocycles. The van der Waals surface area contributed by atoms with Crippen LogP contribution in [-0.4, -0.2) is 15.5 Å². The minimum atomic E-state index is -2.25. The Labute approximate surface area is 144 Å². The second-order valence-electron chi connectivity index (χ2n) is 5.71. The summed E-state index contributed by atoms with van der Waals surface area (Å²) in [6.07, 6.45) is 4.55. The van der Waals surface area contributed by atoms with Crippen molar-refractivity contribution >= 4 is 11.0 Å². The van der Waals surface area contributed by atoms with Crippen molar-refractivity contribution in [2.24, 2.45) is 0 Å². The van der Waals surface area contributed by atoms with Gasteiger partial charge in [-0.15, -0.1) is 0 Å². The van der Waals surface area contributed by atoms with Crippen molar-refractivity contribution < 1.29 is 13.2 Å². The number of nitrogens with zero attached hydrogens (tertiary/aromatic N) is 2. The highest BCUT2D eigenvalue weighted by Gasteiger charge is 2.43. The number of benzene rings is 1. The molecule has 24 heavy (non-hydrogen) atoms. The number of unbranched alkanes of at least 4 members (excludes halogenated alkanes) is 1. The summed E-state index contributed by atoms with van der Waals surface area (Å²) in [4.78, 5) is 4.03. The van der Waals surface area contributed by atoms with Crippen LogP contribution in [0.5, 0.6) is 0 Å². The molecule has 2 aromatic rings. The number of halogens is 3. The lowest BCUT2D eigenvalue weighted by molar-refractivity contribution is 0.120. The van der Waals surface area contributed by atoms with E-state index >= 15 is 0 Å². The molecular formula is C19H31F3N2. The van der Waals surface area contributed by atoms with E-state index in [0.717, 1.165) is 5.52 Å². The Morgan fingerprint density at radius 2 is 1.62 bits per heavy atom. The molecule has 1 aromatic carbocycles. The zero-order valence-electron chi connectivity index (χ0n) is 15.7. The molecule has 0 unspecified atom stereocenters. The predicted octanol–water partition coefficient (Wildman–Crippen LogP) is 7.00. The molecule has 1 aliphatic rings. The summed E-state index contributed by atoms with van der Waals surface area (Å²) in [6.45, 7) is 12.5. The van der Waals surface area contributed by atoms with Crippen LogP contribution in [0, 0.1) is 5.82 Å². The number of alkyl halides is 2. The van der Waals surface area contributed by atoms with E-state index in [1.54, 1.807) is 12.4 Å². The van der Waals surface area contributed by atoms with Crippen LogP contribution >= 0.6 is 0 Å². The summed E-state index contributed by atoms with van der Waals surface area (Å²) in [5.41, 5.74) is 1.31. The fourth-order valence-corrected chi connectivity index (χ4v) is 1.53. The number of hydrogen-bond donors (Lipinski definition) is 0. The van der Waals surface area contributed by atoms with Gasteiger partial charge in [0, 0.05) is 18.9 Å². The van der Waals surface area contributed by atoms with E-state index in [1.807, 2.05) is 38.3 Å². The molecule has 3 rings (SSSR count). The van der Waals surface area contributed by atoms with E-state index in [4.69, 9.17) is 0 Å². The lowest BCUT2D eigenvalue weighted by Crippen LogP contribution is -1.97. The van der Waals surface area contributed by atoms with Gasteiger partial charge in [-0.1, -0.05) is 46.6 Å². The molecule has 0 amide bonds. The molecule has 0 aliphatic heterocycles. The van der Waals surface area contributed by atoms with E-state index in [0.29, 0.717) is 11.6 Å². The maximum absolute atomic E-state index is 13.2. The average Bonchev–Trinajstić information content (AvgIpc) is 3.09. The summed E-state index contributed by atoms with van der Waals surface area (Å²) in [5.74, 6) is -2.50. The molecule has 1 aliphatic carbocycles. The topological polar surface area (TPSA) is 17.8 Å². The lowest BCUT2D eigenvalue weighted by Gasteiger charge is -2.06. The monoisotopic (exact) mass is 344 g/mol. The number of fused-ring (bicyclic) bond motifs is 1. The zero-order chi connectivity index (χ0) is 18.8. The van der Waals surface area contributed by atoms with Crippen LogP contribution in [0.25, 0.3) is 11.0 Å². The van der Waals surface area contributed by atoms with Gasteiger partial charge in [0.1, 0.15) is 5.52 Å². The highest BCUT2D eigenvalue weighted by molar-refractivity contribution is 5.75. The third-order valence-electron chi connectivity index (χ3n) is 3.24. The first-order chi connectivity index (χ1) is 11.3. The van der Waals surface area contributed by atoms with Crippen molar-refractivity contribution in [1.29, 1.82) is 0 Å². The molecular weight excluding hydrogens is 313 g/mol. The molecule has 0 N–H and O–H groups in total. The molecule has 138 valence electrons. The number of para-hydroxylation sites is 1. The molecule has 1 fully saturated rings. The third-order valence-corrected chi connectivity index (χ3v) is 3.24. The largest absolute Gasteiger partial charge is 0.328 e. The normalized spacial score (nSPS) is 13.9. The fourth-order valence-electron chi connectivity index (χ4n) is 1.53. The number of aromatic nitrogens is 2. The maximum atomic E-state index is 13.2. The molecule has 2 nitrogen and oxygen atoms in total. The number of rotatable bonds is 2. The molecule has 0 saturated heterocycles. The number of imidazole rings is 1. The van der Waals surface area contributed by atoms with Gasteiger partial charge in [-0.3, -0.25) is 0 Å². The highest BCUT2D eigenvalue weighted by atomic mass is 19.3. The Kier molecular flexibility index (Phi) is 10.4. The smallest absolute Gasteiger partial charge is 0.248 e. The Morgan fingerprint density at radius 1 is 1.12 bits per heavy atom. The van der Waals surface area contributed by atoms with Crippen LogP contribution in [0.2, 0.25) is 0 Å². The van der Waals surface area contributed by atoms with E-state index in [9.17, 15) is 13.2 Å². The van der Waals surface area contributed by atoms with Crippen molar-refractivity contribution in [3.63, 3.8) is 0 Å². The van der Waals surface area contributed by atoms with E-state index in [1.165, 1.54) is 18.9 Å². The summed E-state index contributed by atoms with van der Waals surface area (Å²) in [6, 6.07) is 5.33. The Bertz CT molecular complexity index is 569. The zero-order valence-corrected chi connectivity index (χ0v) is 15.7. The van der Waals surface area contributed by atoms with E-state index < -0.39 is 5.92 Å². The fraction of sp³-hybridized carbons (Fsp3) is 0.632. The SMILES string of the molecule is CC.CC(C)n1cnc2c(F)cccc21.CCCC.FC1(F)CC1. The first-order valence-corrected chi connectivity index (χ1v) is 8.81. The van der Waals surface area contributed by atoms with Gasteiger partial charge in [0.05, 0.1) is 11.8 Å². The van der Waals surface area contributed by atoms with Crippen LogP contribution in [0.3, 0.4) is 0 Å². The Morgan fingerprint density at radius 3 is 2.00 bits per heavy atom. The van der Waals surface area contributed by atoms with Gasteiger partial charge in [-0.25, -0.2) is 18.2 Å².